The van der Waals surface area contributed by atoms with Crippen LogP contribution in [0, 0.1) is 0 Å². The monoisotopic (exact) mass is 583 g/mol. The fourth-order valence-electron chi connectivity index (χ4n) is 3.74. The van der Waals surface area contributed by atoms with Crippen LogP contribution in [-0.4, -0.2) is 55.9 Å². The molecule has 12 heteroatoms. The molecule has 0 saturated carbocycles. The van der Waals surface area contributed by atoms with E-state index in [1.807, 2.05) is 18.2 Å². The minimum absolute atomic E-state index is 0.0794. The molecule has 10 nitrogen and oxygen atoms in total. The Morgan fingerprint density at radius 3 is 2.35 bits per heavy atom. The lowest BCUT2D eigenvalue weighted by atomic mass is 10.2. The average Bonchev–Trinajstić information content (AvgIpc) is 3.35. The van der Waals surface area contributed by atoms with Gasteiger partial charge in [-0.2, -0.15) is 4.98 Å². The summed E-state index contributed by atoms with van der Waals surface area (Å²) in [5.74, 6) is 1.20. The predicted octanol–water partition coefficient (Wildman–Crippen LogP) is 5.23. The van der Waals surface area contributed by atoms with Gasteiger partial charge < -0.3 is 19.2 Å². The number of fused-ring (bicyclic) bond motifs is 1. The number of aromatic nitrogens is 4. The van der Waals surface area contributed by atoms with Crippen LogP contribution < -0.4 is 14.8 Å². The van der Waals surface area contributed by atoms with E-state index in [1.54, 1.807) is 43.7 Å². The number of rotatable bonds is 12. The predicted molar refractivity (Wildman–Crippen MR) is 159 cm³/mol. The molecule has 0 aliphatic carbocycles. The number of nitrogens with zero attached hydrogens (tertiary/aromatic N) is 4. The SMILES string of the molecule is CNc1nc(COc2cncc(OCCO[Si](C)(C)C(C)(C)C)c2)c2ccn(S(=O)(=O)Cc3ccccc3)c2n1. The molecule has 0 bridgehead atoms. The molecular weight excluding hydrogens is 546 g/mol. The van der Waals surface area contributed by atoms with Gasteiger partial charge in [0.15, 0.2) is 14.0 Å². The summed E-state index contributed by atoms with van der Waals surface area (Å²) >= 11 is 0. The fourth-order valence-corrected chi connectivity index (χ4v) is 6.16. The Morgan fingerprint density at radius 2 is 1.68 bits per heavy atom. The molecule has 0 amide bonds. The topological polar surface area (TPSA) is 117 Å². The molecule has 0 spiro atoms. The van der Waals surface area contributed by atoms with Crippen molar-refractivity contribution in [2.24, 2.45) is 0 Å². The van der Waals surface area contributed by atoms with Crippen LogP contribution in [0.1, 0.15) is 32.0 Å². The number of pyridine rings is 1. The van der Waals surface area contributed by atoms with Gasteiger partial charge in [0, 0.05) is 24.7 Å². The van der Waals surface area contributed by atoms with Gasteiger partial charge in [-0.3, -0.25) is 4.98 Å². The lowest BCUT2D eigenvalue weighted by Crippen LogP contribution is -2.41. The summed E-state index contributed by atoms with van der Waals surface area (Å²) in [6.07, 6.45) is 4.72. The number of benzene rings is 1. The zero-order valence-electron chi connectivity index (χ0n) is 23.8. The van der Waals surface area contributed by atoms with E-state index in [0.717, 1.165) is 0 Å². The molecule has 4 aromatic rings. The Kier molecular flexibility index (Phi) is 8.81. The molecule has 0 fully saturated rings. The molecule has 1 aromatic carbocycles. The van der Waals surface area contributed by atoms with Crippen LogP contribution in [0.5, 0.6) is 11.5 Å². The van der Waals surface area contributed by atoms with E-state index in [2.05, 4.69) is 54.1 Å². The normalized spacial score (nSPS) is 12.4. The average molecular weight is 584 g/mol. The first-order valence-electron chi connectivity index (χ1n) is 13.1. The maximum atomic E-state index is 13.2. The van der Waals surface area contributed by atoms with Gasteiger partial charge in [0.05, 0.1) is 30.4 Å². The highest BCUT2D eigenvalue weighted by Crippen LogP contribution is 2.36. The molecule has 0 saturated heterocycles. The molecule has 1 N–H and O–H groups in total. The molecule has 214 valence electrons. The third-order valence-electron chi connectivity index (χ3n) is 6.99. The molecular formula is C28H37N5O5SSi. The number of ether oxygens (including phenoxy) is 2. The Hall–Kier alpha value is -3.48. The van der Waals surface area contributed by atoms with Gasteiger partial charge in [-0.25, -0.2) is 17.4 Å². The zero-order valence-corrected chi connectivity index (χ0v) is 25.7. The molecule has 0 aliphatic rings. The van der Waals surface area contributed by atoms with Gasteiger partial charge in [0.1, 0.15) is 24.7 Å². The van der Waals surface area contributed by atoms with Crippen LogP contribution in [-0.2, 0) is 26.8 Å². The summed E-state index contributed by atoms with van der Waals surface area (Å²) in [4.78, 5) is 13.2. The first kappa shape index (κ1) is 29.5. The van der Waals surface area contributed by atoms with Crippen molar-refractivity contribution in [3.8, 4) is 11.5 Å². The van der Waals surface area contributed by atoms with Gasteiger partial charge >= 0.3 is 0 Å². The highest BCUT2D eigenvalue weighted by Gasteiger charge is 2.36. The van der Waals surface area contributed by atoms with Crippen molar-refractivity contribution in [1.82, 2.24) is 18.9 Å². The molecule has 3 aromatic heterocycles. The molecule has 40 heavy (non-hydrogen) atoms. The summed E-state index contributed by atoms with van der Waals surface area (Å²) in [7, 11) is -3.88. The first-order valence-corrected chi connectivity index (χ1v) is 17.6. The Labute approximate surface area is 236 Å². The lowest BCUT2D eigenvalue weighted by Gasteiger charge is -2.36. The van der Waals surface area contributed by atoms with Gasteiger partial charge in [-0.15, -0.1) is 0 Å². The molecule has 0 radical (unpaired) electrons. The number of anilines is 1. The van der Waals surface area contributed by atoms with E-state index >= 15 is 0 Å². The molecule has 3 heterocycles. The summed E-state index contributed by atoms with van der Waals surface area (Å²) in [5.41, 5.74) is 1.51. The van der Waals surface area contributed by atoms with Crippen LogP contribution in [0.2, 0.25) is 18.1 Å². The highest BCUT2D eigenvalue weighted by molar-refractivity contribution is 7.89. The van der Waals surface area contributed by atoms with Crippen LogP contribution in [0.3, 0.4) is 0 Å². The van der Waals surface area contributed by atoms with E-state index in [0.29, 0.717) is 41.4 Å². The molecule has 0 unspecified atom stereocenters. The quantitative estimate of drug-likeness (QED) is 0.177. The maximum absolute atomic E-state index is 13.2. The number of hydrogen-bond donors (Lipinski definition) is 1. The van der Waals surface area contributed by atoms with Gasteiger partial charge in [0.2, 0.25) is 16.0 Å². The van der Waals surface area contributed by atoms with E-state index in [-0.39, 0.29) is 29.0 Å². The minimum atomic E-state index is -3.72. The lowest BCUT2D eigenvalue weighted by molar-refractivity contribution is 0.202. The van der Waals surface area contributed by atoms with Crippen molar-refractivity contribution in [2.45, 2.75) is 51.3 Å². The van der Waals surface area contributed by atoms with E-state index < -0.39 is 18.3 Å². The van der Waals surface area contributed by atoms with Crippen LogP contribution in [0.25, 0.3) is 11.0 Å². The molecule has 4 rings (SSSR count). The van der Waals surface area contributed by atoms with E-state index in [9.17, 15) is 8.42 Å². The van der Waals surface area contributed by atoms with Crippen molar-refractivity contribution in [3.63, 3.8) is 0 Å². The van der Waals surface area contributed by atoms with Crippen LogP contribution in [0.15, 0.2) is 61.1 Å². The summed E-state index contributed by atoms with van der Waals surface area (Å²) < 4.78 is 45.7. The standard InChI is InChI=1S/C28H37N5O5SSi/c1-28(2,3)40(5,6)38-15-14-36-22-16-23(18-30-17-22)37-19-25-24-12-13-33(26(24)32-27(29-4)31-25)39(34,35)20-21-10-8-7-9-11-21/h7-13,16-18H,14-15,19-20H2,1-6H3,(H,29,31,32). The summed E-state index contributed by atoms with van der Waals surface area (Å²) in [5, 5.41) is 3.62. The van der Waals surface area contributed by atoms with Crippen LogP contribution in [0.4, 0.5) is 5.95 Å². The third kappa shape index (κ3) is 6.98. The maximum Gasteiger partial charge on any atom is 0.244 e. The van der Waals surface area contributed by atoms with Crippen molar-refractivity contribution < 1.29 is 22.3 Å². The first-order chi connectivity index (χ1) is 18.9. The Morgan fingerprint density at radius 1 is 0.975 bits per heavy atom. The minimum Gasteiger partial charge on any atom is -0.489 e. The molecule has 0 aliphatic heterocycles. The van der Waals surface area contributed by atoms with Crippen molar-refractivity contribution in [2.75, 3.05) is 25.6 Å². The Bertz CT molecular complexity index is 1550. The summed E-state index contributed by atoms with van der Waals surface area (Å²) in [6, 6.07) is 12.5. The van der Waals surface area contributed by atoms with Gasteiger partial charge in [0.25, 0.3) is 0 Å². The largest absolute Gasteiger partial charge is 0.489 e. The van der Waals surface area contributed by atoms with Gasteiger partial charge in [-0.1, -0.05) is 51.1 Å². The van der Waals surface area contributed by atoms with Crippen molar-refractivity contribution in [1.29, 1.82) is 0 Å². The van der Waals surface area contributed by atoms with Crippen molar-refractivity contribution >= 4 is 35.3 Å². The highest BCUT2D eigenvalue weighted by atomic mass is 32.2. The van der Waals surface area contributed by atoms with Crippen LogP contribution >= 0.6 is 0 Å². The Balaban J connectivity index is 1.46. The van der Waals surface area contributed by atoms with Crippen molar-refractivity contribution in [3.05, 3.63) is 72.3 Å². The number of nitrogens with one attached hydrogen (secondary N) is 1. The van der Waals surface area contributed by atoms with E-state index in [4.69, 9.17) is 13.9 Å². The number of hydrogen-bond acceptors (Lipinski definition) is 9. The zero-order chi connectivity index (χ0) is 29.0. The second-order valence-corrected chi connectivity index (χ2v) is 17.6. The van der Waals surface area contributed by atoms with Gasteiger partial charge in [-0.05, 0) is 29.8 Å². The third-order valence-corrected chi connectivity index (χ3v) is 13.1. The second-order valence-electron chi connectivity index (χ2n) is 10.9. The molecule has 0 atom stereocenters. The van der Waals surface area contributed by atoms with E-state index in [1.165, 1.54) is 10.2 Å². The fraction of sp³-hybridized carbons (Fsp3) is 0.393. The summed E-state index contributed by atoms with van der Waals surface area (Å²) in [6.45, 7) is 12.0. The smallest absolute Gasteiger partial charge is 0.244 e. The second kappa shape index (κ2) is 11.9.